The predicted molar refractivity (Wildman–Crippen MR) is 60.4 cm³/mol. The molecule has 0 fully saturated rings. The maximum absolute atomic E-state index is 11.7. The lowest BCUT2D eigenvalue weighted by molar-refractivity contribution is -0.148. The van der Waals surface area contributed by atoms with Crippen LogP contribution >= 0.6 is 0 Å². The van der Waals surface area contributed by atoms with Crippen LogP contribution in [-0.4, -0.2) is 35.3 Å². The van der Waals surface area contributed by atoms with E-state index in [0.29, 0.717) is 13.1 Å². The van der Waals surface area contributed by atoms with Crippen molar-refractivity contribution in [3.63, 3.8) is 0 Å². The molecule has 0 atom stereocenters. The molecular weight excluding hydrogens is 192 g/mol. The van der Waals surface area contributed by atoms with Crippen LogP contribution < -0.4 is 5.32 Å². The minimum atomic E-state index is -0.506. The van der Waals surface area contributed by atoms with Crippen LogP contribution in [0.3, 0.4) is 0 Å². The normalized spacial score (nSPS) is 11.0. The molecule has 0 heterocycles. The van der Waals surface area contributed by atoms with Gasteiger partial charge in [0.2, 0.25) is 0 Å². The van der Waals surface area contributed by atoms with Crippen molar-refractivity contribution in [2.24, 2.45) is 0 Å². The van der Waals surface area contributed by atoms with E-state index in [4.69, 9.17) is 0 Å². The lowest BCUT2D eigenvalue weighted by Crippen LogP contribution is -2.51. The average molecular weight is 214 g/mol. The van der Waals surface area contributed by atoms with E-state index in [0.717, 1.165) is 6.42 Å². The minimum Gasteiger partial charge on any atom is -0.348 e. The largest absolute Gasteiger partial charge is 0.348 e. The lowest BCUT2D eigenvalue weighted by atomic mass is 10.1. The Kier molecular flexibility index (Phi) is 5.33. The Hall–Kier alpha value is -1.06. The van der Waals surface area contributed by atoms with Gasteiger partial charge in [0, 0.05) is 18.6 Å². The zero-order valence-electron chi connectivity index (χ0n) is 10.4. The number of hydrogen-bond acceptors (Lipinski definition) is 2. The molecule has 2 amide bonds. The number of nitrogens with one attached hydrogen (secondary N) is 1. The second-order valence-corrected chi connectivity index (χ2v) is 4.48. The van der Waals surface area contributed by atoms with Gasteiger partial charge in [-0.25, -0.2) is 0 Å². The zero-order chi connectivity index (χ0) is 12.1. The molecular formula is C11H22N2O2. The number of nitrogens with zero attached hydrogens (tertiary/aromatic N) is 1. The third-order valence-corrected chi connectivity index (χ3v) is 2.10. The summed E-state index contributed by atoms with van der Waals surface area (Å²) in [7, 11) is 0. The van der Waals surface area contributed by atoms with Gasteiger partial charge in [0.25, 0.3) is 0 Å². The molecule has 1 N–H and O–H groups in total. The van der Waals surface area contributed by atoms with E-state index in [1.54, 1.807) is 4.90 Å². The van der Waals surface area contributed by atoms with E-state index in [2.05, 4.69) is 5.32 Å². The summed E-state index contributed by atoms with van der Waals surface area (Å²) in [6, 6.07) is 0. The van der Waals surface area contributed by atoms with Gasteiger partial charge in [-0.1, -0.05) is 6.92 Å². The topological polar surface area (TPSA) is 49.4 Å². The fourth-order valence-corrected chi connectivity index (χ4v) is 1.36. The summed E-state index contributed by atoms with van der Waals surface area (Å²) in [5, 5.41) is 2.59. The molecule has 0 aliphatic heterocycles. The molecule has 0 bridgehead atoms. The zero-order valence-corrected chi connectivity index (χ0v) is 10.4. The first-order valence-corrected chi connectivity index (χ1v) is 5.44. The van der Waals surface area contributed by atoms with Crippen LogP contribution in [0.25, 0.3) is 0 Å². The molecule has 0 unspecified atom stereocenters. The van der Waals surface area contributed by atoms with Gasteiger partial charge in [-0.2, -0.15) is 0 Å². The van der Waals surface area contributed by atoms with Gasteiger partial charge in [0.05, 0.1) is 0 Å². The molecule has 4 heteroatoms. The number of amides is 2. The third-order valence-electron chi connectivity index (χ3n) is 2.10. The Morgan fingerprint density at radius 1 is 1.20 bits per heavy atom. The molecule has 0 aliphatic carbocycles. The minimum absolute atomic E-state index is 0.310. The predicted octanol–water partition coefficient (Wildman–Crippen LogP) is 1.16. The number of carbonyl (C=O) groups is 2. The smallest absolute Gasteiger partial charge is 0.312 e. The van der Waals surface area contributed by atoms with Gasteiger partial charge < -0.3 is 10.2 Å². The standard InChI is InChI=1S/C11H22N2O2/c1-6-8-12-9(14)10(15)13(7-2)11(3,4)5/h6-8H2,1-5H3,(H,12,14). The Morgan fingerprint density at radius 3 is 2.07 bits per heavy atom. The first-order chi connectivity index (χ1) is 6.84. The molecule has 0 aromatic rings. The lowest BCUT2D eigenvalue weighted by Gasteiger charge is -2.34. The van der Waals surface area contributed by atoms with Gasteiger partial charge >= 0.3 is 11.8 Å². The number of likely N-dealkylation sites (N-methyl/N-ethyl adjacent to an activating group) is 1. The van der Waals surface area contributed by atoms with Crippen LogP contribution in [0.4, 0.5) is 0 Å². The highest BCUT2D eigenvalue weighted by molar-refractivity contribution is 6.35. The number of rotatable bonds is 3. The van der Waals surface area contributed by atoms with Crippen molar-refractivity contribution < 1.29 is 9.59 Å². The van der Waals surface area contributed by atoms with E-state index in [1.165, 1.54) is 0 Å². The van der Waals surface area contributed by atoms with Crippen LogP contribution in [0, 0.1) is 0 Å². The Bertz CT molecular complexity index is 231. The van der Waals surface area contributed by atoms with Gasteiger partial charge in [0.15, 0.2) is 0 Å². The van der Waals surface area contributed by atoms with Gasteiger partial charge in [-0.05, 0) is 34.1 Å². The summed E-state index contributed by atoms with van der Waals surface area (Å²) in [6.07, 6.45) is 0.834. The molecule has 0 aromatic carbocycles. The first kappa shape index (κ1) is 13.9. The third kappa shape index (κ3) is 4.32. The van der Waals surface area contributed by atoms with E-state index in [-0.39, 0.29) is 5.54 Å². The molecule has 88 valence electrons. The van der Waals surface area contributed by atoms with Crippen molar-refractivity contribution in [3.05, 3.63) is 0 Å². The molecule has 0 aliphatic rings. The maximum Gasteiger partial charge on any atom is 0.312 e. The van der Waals surface area contributed by atoms with Gasteiger partial charge in [-0.15, -0.1) is 0 Å². The second-order valence-electron chi connectivity index (χ2n) is 4.48. The van der Waals surface area contributed by atoms with Gasteiger partial charge in [-0.3, -0.25) is 9.59 Å². The number of hydrogen-bond donors (Lipinski definition) is 1. The molecule has 4 nitrogen and oxygen atoms in total. The molecule has 0 aromatic heterocycles. The molecule has 0 saturated heterocycles. The summed E-state index contributed by atoms with van der Waals surface area (Å²) in [6.45, 7) is 10.7. The Balaban J connectivity index is 4.46. The van der Waals surface area contributed by atoms with Crippen LogP contribution in [-0.2, 0) is 9.59 Å². The average Bonchev–Trinajstić information content (AvgIpc) is 2.12. The van der Waals surface area contributed by atoms with Crippen molar-refractivity contribution in [3.8, 4) is 0 Å². The molecule has 15 heavy (non-hydrogen) atoms. The summed E-state index contributed by atoms with van der Waals surface area (Å²) >= 11 is 0. The first-order valence-electron chi connectivity index (χ1n) is 5.44. The Morgan fingerprint density at radius 2 is 1.73 bits per heavy atom. The molecule has 0 rings (SSSR count). The van der Waals surface area contributed by atoms with Crippen LogP contribution in [0.15, 0.2) is 0 Å². The van der Waals surface area contributed by atoms with Crippen LogP contribution in [0.1, 0.15) is 41.0 Å². The summed E-state index contributed by atoms with van der Waals surface area (Å²) in [4.78, 5) is 24.8. The van der Waals surface area contributed by atoms with Crippen LogP contribution in [0.5, 0.6) is 0 Å². The van der Waals surface area contributed by atoms with E-state index in [1.807, 2.05) is 34.6 Å². The van der Waals surface area contributed by atoms with Crippen molar-refractivity contribution in [2.75, 3.05) is 13.1 Å². The number of carbonyl (C=O) groups excluding carboxylic acids is 2. The van der Waals surface area contributed by atoms with Crippen molar-refractivity contribution in [1.29, 1.82) is 0 Å². The summed E-state index contributed by atoms with van der Waals surface area (Å²) in [5.74, 6) is -0.952. The maximum atomic E-state index is 11.7. The fraction of sp³-hybridized carbons (Fsp3) is 0.818. The van der Waals surface area contributed by atoms with Crippen molar-refractivity contribution in [1.82, 2.24) is 10.2 Å². The summed E-state index contributed by atoms with van der Waals surface area (Å²) < 4.78 is 0. The highest BCUT2D eigenvalue weighted by atomic mass is 16.2. The van der Waals surface area contributed by atoms with E-state index < -0.39 is 11.8 Å². The highest BCUT2D eigenvalue weighted by Gasteiger charge is 2.29. The molecule has 0 saturated carbocycles. The van der Waals surface area contributed by atoms with Crippen molar-refractivity contribution in [2.45, 2.75) is 46.6 Å². The quantitative estimate of drug-likeness (QED) is 0.717. The highest BCUT2D eigenvalue weighted by Crippen LogP contribution is 2.12. The van der Waals surface area contributed by atoms with E-state index >= 15 is 0 Å². The molecule has 0 radical (unpaired) electrons. The fourth-order valence-electron chi connectivity index (χ4n) is 1.36. The summed E-state index contributed by atoms with van der Waals surface area (Å²) in [5.41, 5.74) is -0.310. The Labute approximate surface area is 92.0 Å². The SMILES string of the molecule is CCCNC(=O)C(=O)N(CC)C(C)(C)C. The monoisotopic (exact) mass is 214 g/mol. The van der Waals surface area contributed by atoms with E-state index in [9.17, 15) is 9.59 Å². The van der Waals surface area contributed by atoms with Crippen LogP contribution in [0.2, 0.25) is 0 Å². The van der Waals surface area contributed by atoms with Crippen molar-refractivity contribution >= 4 is 11.8 Å². The molecule has 0 spiro atoms. The second kappa shape index (κ2) is 5.73. The van der Waals surface area contributed by atoms with Gasteiger partial charge in [0.1, 0.15) is 0 Å².